The number of aryl methyl sites for hydroxylation is 1. The van der Waals surface area contributed by atoms with Crippen LogP contribution < -0.4 is 15.5 Å². The zero-order valence-electron chi connectivity index (χ0n) is 19.2. The Morgan fingerprint density at radius 2 is 1.70 bits per heavy atom. The van der Waals surface area contributed by atoms with Crippen LogP contribution >= 0.6 is 0 Å². The van der Waals surface area contributed by atoms with Crippen LogP contribution in [0.15, 0.2) is 59.6 Å². The Bertz CT molecular complexity index is 1210. The first-order valence-electron chi connectivity index (χ1n) is 11.1. The van der Waals surface area contributed by atoms with E-state index < -0.39 is 9.84 Å². The fourth-order valence-corrected chi connectivity index (χ4v) is 4.57. The van der Waals surface area contributed by atoms with E-state index in [9.17, 15) is 8.42 Å². The Balaban J connectivity index is 1.47. The number of likely N-dealkylation sites (N-methyl/N-ethyl adjacent to an activating group) is 1. The largest absolute Gasteiger partial charge is 0.369 e. The van der Waals surface area contributed by atoms with E-state index in [1.165, 1.54) is 5.69 Å². The summed E-state index contributed by atoms with van der Waals surface area (Å²) in [5.74, 6) is 1.14. The lowest BCUT2D eigenvalue weighted by Crippen LogP contribution is -2.44. The third-order valence-corrected chi connectivity index (χ3v) is 7.53. The molecule has 2 N–H and O–H groups in total. The molecule has 0 aliphatic carbocycles. The third kappa shape index (κ3) is 5.61. The van der Waals surface area contributed by atoms with Gasteiger partial charge in [-0.25, -0.2) is 13.4 Å². The van der Waals surface area contributed by atoms with Crippen LogP contribution in [0.25, 0.3) is 0 Å². The fourth-order valence-electron chi connectivity index (χ4n) is 3.65. The minimum absolute atomic E-state index is 0.0602. The average molecular weight is 467 g/mol. The average Bonchev–Trinajstić information content (AvgIpc) is 2.82. The molecule has 3 aromatic rings. The van der Waals surface area contributed by atoms with Crippen LogP contribution in [0, 0.1) is 6.92 Å². The molecule has 174 valence electrons. The minimum atomic E-state index is -3.28. The predicted molar refractivity (Wildman–Crippen MR) is 134 cm³/mol. The summed E-state index contributed by atoms with van der Waals surface area (Å²) < 4.78 is 24.4. The van der Waals surface area contributed by atoms with Gasteiger partial charge in [-0.05, 0) is 56.4 Å². The molecule has 33 heavy (non-hydrogen) atoms. The van der Waals surface area contributed by atoms with Crippen molar-refractivity contribution in [3.05, 3.63) is 60.3 Å². The van der Waals surface area contributed by atoms with Crippen molar-refractivity contribution in [2.75, 3.05) is 54.5 Å². The lowest BCUT2D eigenvalue weighted by Gasteiger charge is -2.34. The number of aromatic nitrogens is 2. The highest BCUT2D eigenvalue weighted by Crippen LogP contribution is 2.24. The highest BCUT2D eigenvalue weighted by atomic mass is 32.2. The molecular formula is C24H30N6O2S. The summed E-state index contributed by atoms with van der Waals surface area (Å²) in [5.41, 5.74) is 3.63. The Morgan fingerprint density at radius 1 is 0.970 bits per heavy atom. The van der Waals surface area contributed by atoms with Crippen molar-refractivity contribution in [1.29, 1.82) is 0 Å². The lowest BCUT2D eigenvalue weighted by atomic mass is 10.2. The van der Waals surface area contributed by atoms with E-state index in [4.69, 9.17) is 0 Å². The molecule has 2 aromatic carbocycles. The molecule has 0 radical (unpaired) electrons. The standard InChI is InChI=1S/C24H30N6O2S/c1-4-33(31,32)22-7-5-6-20(16-22)26-23-18(2)17-25-24(28-23)27-19-8-10-21(11-9-19)30-14-12-29(3)13-15-30/h5-11,16-17H,4,12-15H2,1-3H3,(H2,25,26,27,28). The third-order valence-electron chi connectivity index (χ3n) is 5.80. The molecule has 0 unspecified atom stereocenters. The van der Waals surface area contributed by atoms with Gasteiger partial charge in [0, 0.05) is 55.0 Å². The van der Waals surface area contributed by atoms with Crippen LogP contribution in [0.5, 0.6) is 0 Å². The van der Waals surface area contributed by atoms with E-state index in [2.05, 4.69) is 49.6 Å². The SMILES string of the molecule is CCS(=O)(=O)c1cccc(Nc2nc(Nc3ccc(N4CCN(C)CC4)cc3)ncc2C)c1. The summed E-state index contributed by atoms with van der Waals surface area (Å²) in [7, 11) is -1.13. The number of piperazine rings is 1. The number of sulfone groups is 1. The summed E-state index contributed by atoms with van der Waals surface area (Å²) in [6, 6.07) is 15.1. The van der Waals surface area contributed by atoms with Crippen LogP contribution in [0.3, 0.4) is 0 Å². The molecule has 1 aromatic heterocycles. The van der Waals surface area contributed by atoms with Gasteiger partial charge in [0.05, 0.1) is 10.6 Å². The maximum absolute atomic E-state index is 12.2. The maximum Gasteiger partial charge on any atom is 0.229 e. The second-order valence-electron chi connectivity index (χ2n) is 8.24. The van der Waals surface area contributed by atoms with Gasteiger partial charge in [0.25, 0.3) is 0 Å². The topological polar surface area (TPSA) is 90.5 Å². The van der Waals surface area contributed by atoms with Gasteiger partial charge in [-0.3, -0.25) is 0 Å². The monoisotopic (exact) mass is 466 g/mol. The predicted octanol–water partition coefficient (Wildman–Crippen LogP) is 3.82. The molecule has 1 fully saturated rings. The Morgan fingerprint density at radius 3 is 2.39 bits per heavy atom. The number of benzene rings is 2. The van der Waals surface area contributed by atoms with E-state index in [0.717, 1.165) is 37.4 Å². The molecule has 0 spiro atoms. The number of nitrogens with zero attached hydrogens (tertiary/aromatic N) is 4. The summed E-state index contributed by atoms with van der Waals surface area (Å²) in [6.45, 7) is 7.74. The first-order valence-corrected chi connectivity index (χ1v) is 12.7. The van der Waals surface area contributed by atoms with Crippen molar-refractivity contribution in [2.45, 2.75) is 18.7 Å². The van der Waals surface area contributed by atoms with E-state index >= 15 is 0 Å². The Kier molecular flexibility index (Phi) is 6.80. The number of rotatable bonds is 7. The molecule has 0 bridgehead atoms. The summed E-state index contributed by atoms with van der Waals surface area (Å²) in [4.78, 5) is 14.0. The van der Waals surface area contributed by atoms with Gasteiger partial charge < -0.3 is 20.4 Å². The minimum Gasteiger partial charge on any atom is -0.369 e. The summed E-state index contributed by atoms with van der Waals surface area (Å²) in [6.07, 6.45) is 1.74. The normalized spacial score (nSPS) is 14.8. The maximum atomic E-state index is 12.2. The van der Waals surface area contributed by atoms with Gasteiger partial charge in [-0.2, -0.15) is 4.98 Å². The lowest BCUT2D eigenvalue weighted by molar-refractivity contribution is 0.313. The van der Waals surface area contributed by atoms with Gasteiger partial charge >= 0.3 is 0 Å². The van der Waals surface area contributed by atoms with Crippen LogP contribution in [0.2, 0.25) is 0 Å². The highest BCUT2D eigenvalue weighted by molar-refractivity contribution is 7.91. The Hall–Kier alpha value is -3.17. The van der Waals surface area contributed by atoms with E-state index in [-0.39, 0.29) is 5.75 Å². The van der Waals surface area contributed by atoms with Crippen molar-refractivity contribution in [3.63, 3.8) is 0 Å². The molecule has 9 heteroatoms. The first kappa shape index (κ1) is 23.0. The second kappa shape index (κ2) is 9.76. The molecule has 1 aliphatic rings. The smallest absolute Gasteiger partial charge is 0.229 e. The van der Waals surface area contributed by atoms with Gasteiger partial charge in [0.2, 0.25) is 5.95 Å². The molecular weight excluding hydrogens is 436 g/mol. The van der Waals surface area contributed by atoms with Gasteiger partial charge in [0.1, 0.15) is 5.82 Å². The number of nitrogens with one attached hydrogen (secondary N) is 2. The van der Waals surface area contributed by atoms with Crippen LogP contribution in [-0.4, -0.2) is 62.3 Å². The van der Waals surface area contributed by atoms with Gasteiger partial charge in [-0.1, -0.05) is 13.0 Å². The molecule has 1 aliphatic heterocycles. The van der Waals surface area contributed by atoms with Crippen molar-refractivity contribution in [3.8, 4) is 0 Å². The van der Waals surface area contributed by atoms with E-state index in [0.29, 0.717) is 22.3 Å². The first-order chi connectivity index (χ1) is 15.8. The Labute approximate surface area is 195 Å². The van der Waals surface area contributed by atoms with Crippen LogP contribution in [0.1, 0.15) is 12.5 Å². The van der Waals surface area contributed by atoms with Gasteiger partial charge in [-0.15, -0.1) is 0 Å². The van der Waals surface area contributed by atoms with E-state index in [1.54, 1.807) is 31.3 Å². The molecule has 2 heterocycles. The van der Waals surface area contributed by atoms with Crippen molar-refractivity contribution in [1.82, 2.24) is 14.9 Å². The molecule has 0 saturated carbocycles. The molecule has 4 rings (SSSR count). The number of hydrogen-bond acceptors (Lipinski definition) is 8. The quantitative estimate of drug-likeness (QED) is 0.543. The second-order valence-corrected chi connectivity index (χ2v) is 10.5. The van der Waals surface area contributed by atoms with Crippen LogP contribution in [0.4, 0.5) is 28.8 Å². The summed E-state index contributed by atoms with van der Waals surface area (Å²) in [5, 5.41) is 6.48. The number of hydrogen-bond donors (Lipinski definition) is 2. The summed E-state index contributed by atoms with van der Waals surface area (Å²) >= 11 is 0. The zero-order chi connectivity index (χ0) is 23.4. The van der Waals surface area contributed by atoms with Crippen molar-refractivity contribution >= 4 is 38.7 Å². The van der Waals surface area contributed by atoms with E-state index in [1.807, 2.05) is 25.1 Å². The molecule has 8 nitrogen and oxygen atoms in total. The highest BCUT2D eigenvalue weighted by Gasteiger charge is 2.15. The number of anilines is 5. The molecule has 0 atom stereocenters. The molecule has 0 amide bonds. The van der Waals surface area contributed by atoms with Gasteiger partial charge in [0.15, 0.2) is 9.84 Å². The van der Waals surface area contributed by atoms with Crippen molar-refractivity contribution < 1.29 is 8.42 Å². The molecule has 1 saturated heterocycles. The van der Waals surface area contributed by atoms with Crippen LogP contribution in [-0.2, 0) is 9.84 Å². The fraction of sp³-hybridized carbons (Fsp3) is 0.333. The zero-order valence-corrected chi connectivity index (χ0v) is 20.1. The van der Waals surface area contributed by atoms with Crippen molar-refractivity contribution in [2.24, 2.45) is 0 Å².